The summed E-state index contributed by atoms with van der Waals surface area (Å²) in [6, 6.07) is 3.98. The monoisotopic (exact) mass is 430 g/mol. The smallest absolute Gasteiger partial charge is 0.337 e. The van der Waals surface area contributed by atoms with E-state index < -0.39 is 5.97 Å². The summed E-state index contributed by atoms with van der Waals surface area (Å²) in [5.74, 6) is -0.851. The van der Waals surface area contributed by atoms with Gasteiger partial charge in [-0.3, -0.25) is 0 Å². The molecule has 0 radical (unpaired) electrons. The molecule has 0 amide bonds. The van der Waals surface area contributed by atoms with Crippen LogP contribution in [0.2, 0.25) is 0 Å². The Labute approximate surface area is 112 Å². The second kappa shape index (κ2) is 3.93. The van der Waals surface area contributed by atoms with E-state index in [0.29, 0.717) is 5.56 Å². The van der Waals surface area contributed by atoms with Gasteiger partial charge in [0.15, 0.2) is 0 Å². The molecule has 1 heterocycles. The van der Waals surface area contributed by atoms with E-state index in [2.05, 4.69) is 45.2 Å². The summed E-state index contributed by atoms with van der Waals surface area (Å²) in [5, 5.41) is 11.6. The maximum absolute atomic E-state index is 10.9. The third kappa shape index (κ3) is 1.65. The third-order valence-electron chi connectivity index (χ3n) is 1.86. The van der Waals surface area contributed by atoms with E-state index in [1.165, 1.54) is 11.3 Å². The van der Waals surface area contributed by atoms with Gasteiger partial charge in [-0.05, 0) is 57.3 Å². The minimum absolute atomic E-state index is 0.410. The quantitative estimate of drug-likeness (QED) is 0.700. The third-order valence-corrected chi connectivity index (χ3v) is 5.86. The van der Waals surface area contributed by atoms with Crippen LogP contribution in [0.4, 0.5) is 0 Å². The summed E-state index contributed by atoms with van der Waals surface area (Å²) in [6.45, 7) is 0. The van der Waals surface area contributed by atoms with Gasteiger partial charge in [0.05, 0.1) is 5.56 Å². The molecule has 0 bridgehead atoms. The number of carbonyl (C=O) groups is 1. The van der Waals surface area contributed by atoms with E-state index in [1.807, 2.05) is 12.1 Å². The van der Waals surface area contributed by atoms with Gasteiger partial charge in [-0.25, -0.2) is 4.79 Å². The first-order valence-electron chi connectivity index (χ1n) is 3.69. The molecule has 0 atom stereocenters. The molecule has 1 aromatic heterocycles. The second-order valence-electron chi connectivity index (χ2n) is 2.69. The normalized spacial score (nSPS) is 10.7. The van der Waals surface area contributed by atoms with Crippen molar-refractivity contribution in [1.29, 1.82) is 0 Å². The van der Waals surface area contributed by atoms with Crippen molar-refractivity contribution in [3.05, 3.63) is 30.2 Å². The van der Waals surface area contributed by atoms with Crippen LogP contribution in [0, 0.1) is 7.14 Å². The van der Waals surface area contributed by atoms with Crippen molar-refractivity contribution in [3.63, 3.8) is 0 Å². The zero-order chi connectivity index (χ0) is 10.3. The molecule has 0 saturated carbocycles. The molecule has 0 aliphatic carbocycles. The van der Waals surface area contributed by atoms with E-state index in [-0.39, 0.29) is 0 Å². The van der Waals surface area contributed by atoms with Crippen LogP contribution in [0.5, 0.6) is 0 Å². The SMILES string of the molecule is O=C(O)c1csc2ccc(I)c(I)c12. The molecule has 0 saturated heterocycles. The average Bonchev–Trinajstić information content (AvgIpc) is 2.55. The van der Waals surface area contributed by atoms with Gasteiger partial charge in [0.1, 0.15) is 0 Å². The molecule has 0 spiro atoms. The number of hydrogen-bond acceptors (Lipinski definition) is 2. The summed E-state index contributed by atoms with van der Waals surface area (Å²) in [6.07, 6.45) is 0. The lowest BCUT2D eigenvalue weighted by Crippen LogP contribution is -1.95. The predicted octanol–water partition coefficient (Wildman–Crippen LogP) is 3.81. The lowest BCUT2D eigenvalue weighted by atomic mass is 10.2. The first-order valence-corrected chi connectivity index (χ1v) is 6.73. The average molecular weight is 430 g/mol. The van der Waals surface area contributed by atoms with Crippen LogP contribution < -0.4 is 0 Å². The molecule has 0 fully saturated rings. The van der Waals surface area contributed by atoms with Gasteiger partial charge in [0, 0.05) is 22.6 Å². The maximum atomic E-state index is 10.9. The van der Waals surface area contributed by atoms with E-state index >= 15 is 0 Å². The Morgan fingerprint density at radius 3 is 2.71 bits per heavy atom. The van der Waals surface area contributed by atoms with Crippen LogP contribution >= 0.6 is 56.5 Å². The van der Waals surface area contributed by atoms with Crippen molar-refractivity contribution in [1.82, 2.24) is 0 Å². The number of carboxylic acids is 1. The molecule has 5 heteroatoms. The highest BCUT2D eigenvalue weighted by molar-refractivity contribution is 14.1. The molecule has 0 aliphatic heterocycles. The molecule has 14 heavy (non-hydrogen) atoms. The van der Waals surface area contributed by atoms with Gasteiger partial charge in [-0.15, -0.1) is 11.3 Å². The summed E-state index contributed by atoms with van der Waals surface area (Å²) >= 11 is 5.88. The fraction of sp³-hybridized carbons (Fsp3) is 0. The topological polar surface area (TPSA) is 37.3 Å². The summed E-state index contributed by atoms with van der Waals surface area (Å²) in [4.78, 5) is 10.9. The van der Waals surface area contributed by atoms with E-state index in [9.17, 15) is 4.79 Å². The van der Waals surface area contributed by atoms with E-state index in [4.69, 9.17) is 5.11 Å². The van der Waals surface area contributed by atoms with Gasteiger partial charge in [0.25, 0.3) is 0 Å². The molecule has 0 unspecified atom stereocenters. The van der Waals surface area contributed by atoms with Crippen LogP contribution in [-0.4, -0.2) is 11.1 Å². The van der Waals surface area contributed by atoms with Gasteiger partial charge in [0.2, 0.25) is 0 Å². The Hall–Kier alpha value is 0.110. The zero-order valence-electron chi connectivity index (χ0n) is 6.75. The lowest BCUT2D eigenvalue weighted by molar-refractivity contribution is 0.0699. The number of halogens is 2. The number of thiophene rings is 1. The number of aromatic carboxylic acids is 1. The predicted molar refractivity (Wildman–Crippen MR) is 74.2 cm³/mol. The number of hydrogen-bond donors (Lipinski definition) is 1. The zero-order valence-corrected chi connectivity index (χ0v) is 11.9. The van der Waals surface area contributed by atoms with Gasteiger partial charge >= 0.3 is 5.97 Å². The Morgan fingerprint density at radius 2 is 2.07 bits per heavy atom. The van der Waals surface area contributed by atoms with Crippen LogP contribution in [-0.2, 0) is 0 Å². The minimum atomic E-state index is -0.851. The van der Waals surface area contributed by atoms with Crippen molar-refractivity contribution >= 4 is 72.6 Å². The maximum Gasteiger partial charge on any atom is 0.337 e. The number of benzene rings is 1. The van der Waals surface area contributed by atoms with Crippen LogP contribution in [0.1, 0.15) is 10.4 Å². The molecule has 1 N–H and O–H groups in total. The highest BCUT2D eigenvalue weighted by atomic mass is 127. The van der Waals surface area contributed by atoms with E-state index in [0.717, 1.165) is 17.2 Å². The summed E-state index contributed by atoms with van der Waals surface area (Å²) < 4.78 is 3.16. The van der Waals surface area contributed by atoms with Crippen LogP contribution in [0.3, 0.4) is 0 Å². The van der Waals surface area contributed by atoms with Crippen LogP contribution in [0.15, 0.2) is 17.5 Å². The summed E-state index contributed by atoms with van der Waals surface area (Å²) in [7, 11) is 0. The van der Waals surface area contributed by atoms with Crippen molar-refractivity contribution in [3.8, 4) is 0 Å². The second-order valence-corrected chi connectivity index (χ2v) is 5.84. The standard InChI is InChI=1S/C9H4I2O2S/c10-5-1-2-6-7(8(5)11)4(3-14-6)9(12)13/h1-3H,(H,12,13). The lowest BCUT2D eigenvalue weighted by Gasteiger charge is -1.99. The first-order chi connectivity index (χ1) is 6.61. The van der Waals surface area contributed by atoms with Crippen molar-refractivity contribution < 1.29 is 9.90 Å². The Morgan fingerprint density at radius 1 is 1.36 bits per heavy atom. The molecule has 0 aliphatic rings. The molecule has 2 aromatic rings. The Kier molecular flexibility index (Phi) is 2.98. The molecule has 2 rings (SSSR count). The fourth-order valence-electron chi connectivity index (χ4n) is 1.22. The molecule has 1 aromatic carbocycles. The van der Waals surface area contributed by atoms with Gasteiger partial charge in [-0.1, -0.05) is 0 Å². The largest absolute Gasteiger partial charge is 0.478 e. The highest BCUT2D eigenvalue weighted by Gasteiger charge is 2.14. The number of rotatable bonds is 1. The fourth-order valence-corrected chi connectivity index (χ4v) is 3.55. The van der Waals surface area contributed by atoms with E-state index in [1.54, 1.807) is 5.38 Å². The molecular formula is C9H4I2O2S. The van der Waals surface area contributed by atoms with Crippen LogP contribution in [0.25, 0.3) is 10.1 Å². The van der Waals surface area contributed by atoms with Crippen molar-refractivity contribution in [2.24, 2.45) is 0 Å². The Bertz CT molecular complexity index is 519. The van der Waals surface area contributed by atoms with Crippen molar-refractivity contribution in [2.45, 2.75) is 0 Å². The Balaban J connectivity index is 2.89. The number of fused-ring (bicyclic) bond motifs is 1. The molecule has 2 nitrogen and oxygen atoms in total. The van der Waals surface area contributed by atoms with Gasteiger partial charge < -0.3 is 5.11 Å². The minimum Gasteiger partial charge on any atom is -0.478 e. The molecular weight excluding hydrogens is 426 g/mol. The molecule has 72 valence electrons. The summed E-state index contributed by atoms with van der Waals surface area (Å²) in [5.41, 5.74) is 0.410. The number of carboxylic acid groups (broad SMARTS) is 1. The highest BCUT2D eigenvalue weighted by Crippen LogP contribution is 2.32. The van der Waals surface area contributed by atoms with Gasteiger partial charge in [-0.2, -0.15) is 0 Å². The van der Waals surface area contributed by atoms with Crippen molar-refractivity contribution in [2.75, 3.05) is 0 Å². The first kappa shape index (κ1) is 10.6.